The van der Waals surface area contributed by atoms with Gasteiger partial charge in [-0.15, -0.1) is 0 Å². The van der Waals surface area contributed by atoms with Gasteiger partial charge in [-0.1, -0.05) is 0 Å². The number of hydrogen-bond donors (Lipinski definition) is 2. The van der Waals surface area contributed by atoms with Crippen LogP contribution < -0.4 is 37.7 Å². The zero-order valence-corrected chi connectivity index (χ0v) is 6.05. The summed E-state index contributed by atoms with van der Waals surface area (Å²) in [4.78, 5) is 15.4. The fraction of sp³-hybridized carbons (Fsp3) is 1.00. The molecule has 7 heteroatoms. The van der Waals surface area contributed by atoms with Crippen molar-refractivity contribution >= 4 is 7.82 Å². The Morgan fingerprint density at radius 1 is 1.50 bits per heavy atom. The van der Waals surface area contributed by atoms with Crippen LogP contribution in [-0.2, 0) is 9.09 Å². The van der Waals surface area contributed by atoms with Crippen LogP contribution in [-0.4, -0.2) is 16.9 Å². The van der Waals surface area contributed by atoms with Gasteiger partial charge in [-0.05, 0) is 0 Å². The Balaban J connectivity index is -0.0000000208. The van der Waals surface area contributed by atoms with E-state index in [1.165, 1.54) is 0 Å². The van der Waals surface area contributed by atoms with E-state index in [1.807, 2.05) is 0 Å². The third-order valence-corrected chi connectivity index (χ3v) is 0.714. The van der Waals surface area contributed by atoms with E-state index in [0.717, 1.165) is 7.11 Å². The maximum atomic E-state index is 9.47. The summed E-state index contributed by atoms with van der Waals surface area (Å²) >= 11 is 0. The smallest absolute Gasteiger partial charge is 1.00 e. The Hall–Kier alpha value is 1.30. The van der Waals surface area contributed by atoms with Gasteiger partial charge in [0.1, 0.15) is 0 Å². The molecule has 0 aliphatic carbocycles. The first kappa shape index (κ1) is 16.1. The predicted molar refractivity (Wildman–Crippen MR) is 21.3 cm³/mol. The zero-order chi connectivity index (χ0) is 5.21. The van der Waals surface area contributed by atoms with E-state index in [1.54, 1.807) is 0 Å². The van der Waals surface area contributed by atoms with Crippen LogP contribution in [0.3, 0.4) is 0 Å². The second-order valence-electron chi connectivity index (χ2n) is 0.673. The van der Waals surface area contributed by atoms with Crippen molar-refractivity contribution in [2.75, 3.05) is 7.11 Å². The molecule has 0 fully saturated rings. The number of rotatable bonds is 1. The molecule has 0 rings (SSSR count). The molecule has 0 aromatic rings. The van der Waals surface area contributed by atoms with Gasteiger partial charge in [0.25, 0.3) is 0 Å². The molecule has 0 saturated heterocycles. The Morgan fingerprint density at radius 3 is 1.62 bits per heavy atom. The van der Waals surface area contributed by atoms with Gasteiger partial charge < -0.3 is 12.6 Å². The summed E-state index contributed by atoms with van der Waals surface area (Å²) in [5, 5.41) is 0. The molecular formula is CH7Li2O4P. The molecule has 42 valence electrons. The fourth-order valence-corrected chi connectivity index (χ4v) is 0. The molecule has 8 heavy (non-hydrogen) atoms. The quantitative estimate of drug-likeness (QED) is 0.272. The van der Waals surface area contributed by atoms with Crippen LogP contribution in [0.4, 0.5) is 0 Å². The molecule has 0 aliphatic heterocycles. The molecule has 0 atom stereocenters. The van der Waals surface area contributed by atoms with Crippen LogP contribution in [0.25, 0.3) is 0 Å². The Kier molecular flexibility index (Phi) is 13.0. The molecule has 0 spiro atoms. The van der Waals surface area contributed by atoms with Crippen molar-refractivity contribution in [3.05, 3.63) is 0 Å². The van der Waals surface area contributed by atoms with Crippen LogP contribution in [0.2, 0.25) is 0 Å². The van der Waals surface area contributed by atoms with Crippen molar-refractivity contribution in [3.63, 3.8) is 0 Å². The van der Waals surface area contributed by atoms with E-state index >= 15 is 0 Å². The van der Waals surface area contributed by atoms with Crippen LogP contribution in [0.1, 0.15) is 2.85 Å². The van der Waals surface area contributed by atoms with Gasteiger partial charge in [0.2, 0.25) is 0 Å². The van der Waals surface area contributed by atoms with Crippen LogP contribution in [0, 0.1) is 0 Å². The first-order chi connectivity index (χ1) is 2.56. The molecule has 2 N–H and O–H groups in total. The van der Waals surface area contributed by atoms with Gasteiger partial charge >= 0.3 is 45.5 Å². The van der Waals surface area contributed by atoms with Crippen molar-refractivity contribution in [1.82, 2.24) is 0 Å². The minimum absolute atomic E-state index is 0. The SMILES string of the molecule is COP(=O)(O)O.[H-].[H-].[Li+].[Li+]. The average molecular weight is 128 g/mol. The molecule has 4 nitrogen and oxygen atoms in total. The molecule has 0 amide bonds. The molecule has 0 aromatic heterocycles. The third-order valence-electron chi connectivity index (χ3n) is 0.238. The molecule has 0 radical (unpaired) electrons. The van der Waals surface area contributed by atoms with E-state index in [-0.39, 0.29) is 40.6 Å². The first-order valence-electron chi connectivity index (χ1n) is 1.17. The summed E-state index contributed by atoms with van der Waals surface area (Å²) in [6.45, 7) is 0. The summed E-state index contributed by atoms with van der Waals surface area (Å²) in [5.41, 5.74) is 0. The normalized spacial score (nSPS) is 8.88. The molecule has 0 heterocycles. The number of hydrogen-bond acceptors (Lipinski definition) is 2. The molecule has 0 aliphatic rings. The predicted octanol–water partition coefficient (Wildman–Crippen LogP) is -6.04. The Labute approximate surface area is 74.6 Å². The summed E-state index contributed by atoms with van der Waals surface area (Å²) in [6, 6.07) is 0. The van der Waals surface area contributed by atoms with Crippen molar-refractivity contribution in [1.29, 1.82) is 0 Å². The molecular weight excluding hydrogens is 121 g/mol. The fourth-order valence-electron chi connectivity index (χ4n) is 0. The summed E-state index contributed by atoms with van der Waals surface area (Å²) in [7, 11) is -3.20. The van der Waals surface area contributed by atoms with Gasteiger partial charge in [0.15, 0.2) is 0 Å². The van der Waals surface area contributed by atoms with Gasteiger partial charge in [-0.25, -0.2) is 4.57 Å². The summed E-state index contributed by atoms with van der Waals surface area (Å²) in [5.74, 6) is 0. The molecule has 0 unspecified atom stereocenters. The average Bonchev–Trinajstić information content (AvgIpc) is 1.35. The third kappa shape index (κ3) is 15.7. The summed E-state index contributed by atoms with van der Waals surface area (Å²) in [6.07, 6.45) is 0. The van der Waals surface area contributed by atoms with Gasteiger partial charge in [-0.2, -0.15) is 0 Å². The molecule has 0 saturated carbocycles. The van der Waals surface area contributed by atoms with Gasteiger partial charge in [0, 0.05) is 7.11 Å². The van der Waals surface area contributed by atoms with Crippen LogP contribution in [0.15, 0.2) is 0 Å². The van der Waals surface area contributed by atoms with Crippen molar-refractivity contribution in [2.45, 2.75) is 0 Å². The van der Waals surface area contributed by atoms with Crippen LogP contribution >= 0.6 is 7.82 Å². The maximum Gasteiger partial charge on any atom is 1.00 e. The standard InChI is InChI=1S/CH5O4P.2Li.2H/c1-5-6(2,3)4;;;;/h1H3,(H2,2,3,4);;;;/q;2*+1;2*-1. The second kappa shape index (κ2) is 6.43. The number of phosphoric acid groups is 1. The van der Waals surface area contributed by atoms with E-state index < -0.39 is 7.82 Å². The zero-order valence-electron chi connectivity index (χ0n) is 7.16. The van der Waals surface area contributed by atoms with Crippen molar-refractivity contribution < 1.29 is 59.5 Å². The van der Waals surface area contributed by atoms with Gasteiger partial charge in [-0.3, -0.25) is 4.52 Å². The van der Waals surface area contributed by atoms with Crippen molar-refractivity contribution in [3.8, 4) is 0 Å². The Morgan fingerprint density at radius 2 is 1.62 bits per heavy atom. The first-order valence-corrected chi connectivity index (χ1v) is 2.70. The minimum atomic E-state index is -4.15. The number of phosphoric ester groups is 1. The largest absolute Gasteiger partial charge is 1.00 e. The van der Waals surface area contributed by atoms with Gasteiger partial charge in [0.05, 0.1) is 0 Å². The molecule has 0 bridgehead atoms. The van der Waals surface area contributed by atoms with E-state index in [2.05, 4.69) is 4.52 Å². The van der Waals surface area contributed by atoms with E-state index in [4.69, 9.17) is 9.79 Å². The summed E-state index contributed by atoms with van der Waals surface area (Å²) < 4.78 is 13.1. The Bertz CT molecular complexity index is 85.3. The molecule has 0 aromatic carbocycles. The van der Waals surface area contributed by atoms with E-state index in [9.17, 15) is 4.57 Å². The topological polar surface area (TPSA) is 66.8 Å². The van der Waals surface area contributed by atoms with Crippen molar-refractivity contribution in [2.24, 2.45) is 0 Å². The minimum Gasteiger partial charge on any atom is -1.00 e. The monoisotopic (exact) mass is 128 g/mol. The van der Waals surface area contributed by atoms with E-state index in [0.29, 0.717) is 0 Å². The van der Waals surface area contributed by atoms with Crippen LogP contribution in [0.5, 0.6) is 0 Å². The maximum absolute atomic E-state index is 9.47. The second-order valence-corrected chi connectivity index (χ2v) is 2.02.